The average Bonchev–Trinajstić information content (AvgIpc) is 3.00. The molecule has 0 atom stereocenters. The van der Waals surface area contributed by atoms with Crippen molar-refractivity contribution < 1.29 is 18.7 Å². The van der Waals surface area contributed by atoms with Crippen LogP contribution in [-0.4, -0.2) is 43.1 Å². The Morgan fingerprint density at radius 3 is 2.92 bits per heavy atom. The molecule has 0 radical (unpaired) electrons. The van der Waals surface area contributed by atoms with Crippen molar-refractivity contribution in [1.29, 1.82) is 0 Å². The van der Waals surface area contributed by atoms with E-state index >= 15 is 0 Å². The molecule has 1 amide bonds. The first-order chi connectivity index (χ1) is 12.5. The van der Waals surface area contributed by atoms with Crippen molar-refractivity contribution in [3.8, 4) is 0 Å². The lowest BCUT2D eigenvalue weighted by atomic mass is 10.3. The summed E-state index contributed by atoms with van der Waals surface area (Å²) in [6, 6.07) is 2.81. The van der Waals surface area contributed by atoms with E-state index in [1.165, 1.54) is 10.9 Å². The number of H-pyrrole nitrogens is 1. The van der Waals surface area contributed by atoms with E-state index in [1.54, 1.807) is 0 Å². The van der Waals surface area contributed by atoms with Crippen molar-refractivity contribution in [1.82, 2.24) is 19.7 Å². The van der Waals surface area contributed by atoms with Gasteiger partial charge in [0, 0.05) is 6.07 Å². The van der Waals surface area contributed by atoms with Crippen LogP contribution in [0, 0.1) is 11.6 Å². The van der Waals surface area contributed by atoms with E-state index in [0.717, 1.165) is 23.9 Å². The molecular formula is C15H13F2N5O3S. The Labute approximate surface area is 149 Å². The summed E-state index contributed by atoms with van der Waals surface area (Å²) in [6.45, 7) is 0.00770. The third-order valence-corrected chi connectivity index (χ3v) is 4.21. The largest absolute Gasteiger partial charge is 0.394 e. The quantitative estimate of drug-likeness (QED) is 0.436. The summed E-state index contributed by atoms with van der Waals surface area (Å²) in [5.74, 6) is -2.33. The topological polar surface area (TPSA) is 113 Å². The Morgan fingerprint density at radius 1 is 1.38 bits per heavy atom. The Hall–Kier alpha value is -2.79. The number of carbonyl (C=O) groups is 1. The predicted molar refractivity (Wildman–Crippen MR) is 90.9 cm³/mol. The fourth-order valence-electron chi connectivity index (χ4n) is 2.18. The van der Waals surface area contributed by atoms with Gasteiger partial charge >= 0.3 is 0 Å². The fourth-order valence-corrected chi connectivity index (χ4v) is 2.84. The number of carbonyl (C=O) groups excluding carboxylic acids is 1. The highest BCUT2D eigenvalue weighted by molar-refractivity contribution is 7.99. The molecule has 8 nitrogen and oxygen atoms in total. The summed E-state index contributed by atoms with van der Waals surface area (Å²) in [4.78, 5) is 30.7. The summed E-state index contributed by atoms with van der Waals surface area (Å²) in [5, 5.41) is 15.7. The molecule has 26 heavy (non-hydrogen) atoms. The number of aromatic amines is 1. The summed E-state index contributed by atoms with van der Waals surface area (Å²) < 4.78 is 27.8. The van der Waals surface area contributed by atoms with Crippen molar-refractivity contribution in [3.63, 3.8) is 0 Å². The zero-order valence-electron chi connectivity index (χ0n) is 13.2. The molecule has 11 heteroatoms. The number of aromatic nitrogens is 4. The van der Waals surface area contributed by atoms with Gasteiger partial charge in [-0.25, -0.2) is 18.4 Å². The third kappa shape index (κ3) is 3.89. The highest BCUT2D eigenvalue weighted by atomic mass is 32.2. The molecule has 0 bridgehead atoms. The Balaban J connectivity index is 1.71. The normalized spacial score (nSPS) is 11.0. The van der Waals surface area contributed by atoms with Crippen LogP contribution in [0.2, 0.25) is 0 Å². The van der Waals surface area contributed by atoms with Gasteiger partial charge in [-0.1, -0.05) is 11.8 Å². The number of aliphatic hydroxyl groups excluding tert-OH is 1. The van der Waals surface area contributed by atoms with Crippen LogP contribution in [0.25, 0.3) is 11.0 Å². The lowest BCUT2D eigenvalue weighted by Gasteiger charge is -2.06. The number of hydrogen-bond acceptors (Lipinski definition) is 6. The molecule has 2 aromatic heterocycles. The minimum absolute atomic E-state index is 0.144. The van der Waals surface area contributed by atoms with E-state index in [9.17, 15) is 18.4 Å². The molecule has 3 rings (SSSR count). The van der Waals surface area contributed by atoms with Gasteiger partial charge in [-0.3, -0.25) is 9.59 Å². The molecule has 0 aliphatic rings. The zero-order chi connectivity index (χ0) is 18.7. The number of halogens is 2. The molecule has 1 aromatic carbocycles. The van der Waals surface area contributed by atoms with Gasteiger partial charge in [0.1, 0.15) is 17.0 Å². The lowest BCUT2D eigenvalue weighted by molar-refractivity contribution is -0.113. The maximum absolute atomic E-state index is 13.5. The molecule has 0 aliphatic heterocycles. The number of nitrogens with zero attached hydrogens (tertiary/aromatic N) is 3. The Morgan fingerprint density at radius 2 is 2.19 bits per heavy atom. The van der Waals surface area contributed by atoms with Gasteiger partial charge in [0.2, 0.25) is 5.91 Å². The summed E-state index contributed by atoms with van der Waals surface area (Å²) in [5.41, 5.74) is -0.281. The van der Waals surface area contributed by atoms with Crippen molar-refractivity contribution in [2.75, 3.05) is 17.7 Å². The molecule has 0 spiro atoms. The molecule has 0 aliphatic carbocycles. The van der Waals surface area contributed by atoms with Crippen LogP contribution in [0.4, 0.5) is 14.5 Å². The molecule has 2 heterocycles. The van der Waals surface area contributed by atoms with E-state index < -0.39 is 23.1 Å². The molecule has 0 unspecified atom stereocenters. The van der Waals surface area contributed by atoms with Crippen LogP contribution in [0.1, 0.15) is 0 Å². The third-order valence-electron chi connectivity index (χ3n) is 3.34. The molecular weight excluding hydrogens is 368 g/mol. The van der Waals surface area contributed by atoms with E-state index in [1.807, 2.05) is 0 Å². The van der Waals surface area contributed by atoms with Crippen molar-refractivity contribution in [2.45, 2.75) is 11.7 Å². The number of aliphatic hydroxyl groups is 1. The van der Waals surface area contributed by atoms with Gasteiger partial charge in [-0.05, 0) is 12.1 Å². The average molecular weight is 381 g/mol. The van der Waals surface area contributed by atoms with E-state index in [-0.39, 0.29) is 40.8 Å². The standard InChI is InChI=1S/C15H13F2N5O3S/c16-8-1-2-11(10(17)5-8)19-12(24)7-26-15-20-13-9(14(25)21-15)6-18-22(13)3-4-23/h1-2,5-6,23H,3-4,7H2,(H,19,24)(H,20,21,25). The number of nitrogens with one attached hydrogen (secondary N) is 2. The second-order valence-electron chi connectivity index (χ2n) is 5.16. The Bertz CT molecular complexity index is 1020. The minimum atomic E-state index is -0.885. The molecule has 0 fully saturated rings. The van der Waals surface area contributed by atoms with Crippen LogP contribution in [-0.2, 0) is 11.3 Å². The van der Waals surface area contributed by atoms with Crippen molar-refractivity contribution in [3.05, 3.63) is 46.4 Å². The SMILES string of the molecule is O=C(CSc1nc2c(cnn2CCO)c(=O)[nH]1)Nc1ccc(F)cc1F. The maximum atomic E-state index is 13.5. The van der Waals surface area contributed by atoms with Gasteiger partial charge in [0.15, 0.2) is 10.8 Å². The molecule has 136 valence electrons. The van der Waals surface area contributed by atoms with Crippen LogP contribution >= 0.6 is 11.8 Å². The second kappa shape index (κ2) is 7.62. The highest BCUT2D eigenvalue weighted by Gasteiger charge is 2.13. The minimum Gasteiger partial charge on any atom is -0.394 e. The maximum Gasteiger partial charge on any atom is 0.262 e. The van der Waals surface area contributed by atoms with Crippen molar-refractivity contribution in [2.24, 2.45) is 0 Å². The number of thioether (sulfide) groups is 1. The summed E-state index contributed by atoms with van der Waals surface area (Å²) in [7, 11) is 0. The number of anilines is 1. The van der Waals surface area contributed by atoms with Crippen molar-refractivity contribution >= 4 is 34.4 Å². The van der Waals surface area contributed by atoms with Crippen LogP contribution in [0.15, 0.2) is 34.3 Å². The first-order valence-corrected chi connectivity index (χ1v) is 8.41. The van der Waals surface area contributed by atoms with Gasteiger partial charge < -0.3 is 15.4 Å². The molecule has 3 N–H and O–H groups in total. The van der Waals surface area contributed by atoms with E-state index in [2.05, 4.69) is 20.4 Å². The van der Waals surface area contributed by atoms with Gasteiger partial charge in [-0.2, -0.15) is 5.10 Å². The lowest BCUT2D eigenvalue weighted by Crippen LogP contribution is -2.16. The van der Waals surface area contributed by atoms with Gasteiger partial charge in [-0.15, -0.1) is 0 Å². The predicted octanol–water partition coefficient (Wildman–Crippen LogP) is 1.12. The monoisotopic (exact) mass is 381 g/mol. The number of amides is 1. The molecule has 0 saturated carbocycles. The molecule has 3 aromatic rings. The Kier molecular flexibility index (Phi) is 5.28. The van der Waals surface area contributed by atoms with E-state index in [0.29, 0.717) is 6.07 Å². The first kappa shape index (κ1) is 18.0. The summed E-state index contributed by atoms with van der Waals surface area (Å²) in [6.07, 6.45) is 1.34. The van der Waals surface area contributed by atoms with Crippen LogP contribution < -0.4 is 10.9 Å². The number of benzene rings is 1. The smallest absolute Gasteiger partial charge is 0.262 e. The van der Waals surface area contributed by atoms with Gasteiger partial charge in [0.05, 0.1) is 30.8 Å². The number of fused-ring (bicyclic) bond motifs is 1. The number of rotatable bonds is 6. The van der Waals surface area contributed by atoms with Gasteiger partial charge in [0.25, 0.3) is 5.56 Å². The number of hydrogen-bond donors (Lipinski definition) is 3. The highest BCUT2D eigenvalue weighted by Crippen LogP contribution is 2.18. The first-order valence-electron chi connectivity index (χ1n) is 7.42. The van der Waals surface area contributed by atoms with E-state index in [4.69, 9.17) is 5.11 Å². The molecule has 0 saturated heterocycles. The van der Waals surface area contributed by atoms with Crippen LogP contribution in [0.3, 0.4) is 0 Å². The zero-order valence-corrected chi connectivity index (χ0v) is 14.0. The fraction of sp³-hybridized carbons (Fsp3) is 0.200. The second-order valence-corrected chi connectivity index (χ2v) is 6.12. The van der Waals surface area contributed by atoms with Crippen LogP contribution in [0.5, 0.6) is 0 Å². The summed E-state index contributed by atoms with van der Waals surface area (Å²) >= 11 is 0.937.